The predicted molar refractivity (Wildman–Crippen MR) is 95.2 cm³/mol. The van der Waals surface area contributed by atoms with Gasteiger partial charge in [-0.15, -0.1) is 0 Å². The minimum Gasteiger partial charge on any atom is -0.478 e. The molecule has 2 unspecified atom stereocenters. The van der Waals surface area contributed by atoms with Gasteiger partial charge in [0.1, 0.15) is 0 Å². The molecule has 1 amide bonds. The van der Waals surface area contributed by atoms with Crippen molar-refractivity contribution < 1.29 is 18.7 Å². The van der Waals surface area contributed by atoms with Crippen LogP contribution in [0.15, 0.2) is 48.8 Å². The number of pyridine rings is 1. The van der Waals surface area contributed by atoms with E-state index in [1.54, 1.807) is 31.5 Å². The van der Waals surface area contributed by atoms with Crippen molar-refractivity contribution >= 4 is 5.91 Å². The normalized spacial score (nSPS) is 17.3. The highest BCUT2D eigenvalue weighted by Gasteiger charge is 2.29. The number of aromatic nitrogens is 1. The molecule has 1 aromatic heterocycles. The summed E-state index contributed by atoms with van der Waals surface area (Å²) in [5.74, 6) is -0.439. The van der Waals surface area contributed by atoms with Crippen LogP contribution in [0, 0.1) is 11.7 Å². The molecule has 3 rings (SSSR count). The second-order valence-corrected chi connectivity index (χ2v) is 6.41. The van der Waals surface area contributed by atoms with Crippen molar-refractivity contribution in [3.63, 3.8) is 0 Å². The standard InChI is InChI=1S/C20H23FN2O3/c1-14(26-18-7-3-2-6-17(18)21)20(24)23-19(15-8-11-25-12-9-15)16-5-4-10-22-13-16/h2-7,10,13-15,19H,8-9,11-12H2,1H3,(H,23,24). The predicted octanol–water partition coefficient (Wildman–Crippen LogP) is 3.27. The molecule has 2 aromatic rings. The highest BCUT2D eigenvalue weighted by atomic mass is 19.1. The molecular formula is C20H23FN2O3. The summed E-state index contributed by atoms with van der Waals surface area (Å²) >= 11 is 0. The zero-order valence-electron chi connectivity index (χ0n) is 14.7. The maximum atomic E-state index is 13.8. The van der Waals surface area contributed by atoms with Crippen LogP contribution in [0.3, 0.4) is 0 Å². The van der Waals surface area contributed by atoms with Crippen LogP contribution >= 0.6 is 0 Å². The third kappa shape index (κ3) is 4.58. The molecule has 0 aliphatic carbocycles. The topological polar surface area (TPSA) is 60.5 Å². The molecule has 0 saturated carbocycles. The Morgan fingerprint density at radius 2 is 2.04 bits per heavy atom. The Hall–Kier alpha value is -2.47. The van der Waals surface area contributed by atoms with Gasteiger partial charge in [-0.3, -0.25) is 9.78 Å². The quantitative estimate of drug-likeness (QED) is 0.861. The van der Waals surface area contributed by atoms with Crippen molar-refractivity contribution in [3.8, 4) is 5.75 Å². The Bertz CT molecular complexity index is 720. The lowest BCUT2D eigenvalue weighted by atomic mass is 9.87. The number of nitrogens with one attached hydrogen (secondary N) is 1. The van der Waals surface area contributed by atoms with Crippen LogP contribution in [0.25, 0.3) is 0 Å². The number of hydrogen-bond acceptors (Lipinski definition) is 4. The van der Waals surface area contributed by atoms with Gasteiger partial charge in [0.25, 0.3) is 5.91 Å². The fourth-order valence-electron chi connectivity index (χ4n) is 3.14. The zero-order valence-corrected chi connectivity index (χ0v) is 14.7. The lowest BCUT2D eigenvalue weighted by molar-refractivity contribution is -0.128. The van der Waals surface area contributed by atoms with Crippen LogP contribution in [0.4, 0.5) is 4.39 Å². The summed E-state index contributed by atoms with van der Waals surface area (Å²) in [7, 11) is 0. The molecule has 1 aliphatic rings. The van der Waals surface area contributed by atoms with Gasteiger partial charge in [0, 0.05) is 25.6 Å². The van der Waals surface area contributed by atoms with E-state index in [9.17, 15) is 9.18 Å². The smallest absolute Gasteiger partial charge is 0.261 e. The average molecular weight is 358 g/mol. The van der Waals surface area contributed by atoms with Crippen molar-refractivity contribution in [1.29, 1.82) is 0 Å². The summed E-state index contributed by atoms with van der Waals surface area (Å²) in [6.07, 6.45) is 4.38. The summed E-state index contributed by atoms with van der Waals surface area (Å²) in [6, 6.07) is 9.70. The van der Waals surface area contributed by atoms with E-state index >= 15 is 0 Å². The van der Waals surface area contributed by atoms with E-state index in [1.165, 1.54) is 12.1 Å². The summed E-state index contributed by atoms with van der Waals surface area (Å²) in [4.78, 5) is 16.8. The number of carbonyl (C=O) groups excluding carboxylic acids is 1. The van der Waals surface area contributed by atoms with Crippen molar-refractivity contribution in [1.82, 2.24) is 10.3 Å². The fourth-order valence-corrected chi connectivity index (χ4v) is 3.14. The lowest BCUT2D eigenvalue weighted by Gasteiger charge is -2.32. The molecule has 1 N–H and O–H groups in total. The summed E-state index contributed by atoms with van der Waals surface area (Å²) in [5.41, 5.74) is 0.950. The maximum absolute atomic E-state index is 13.8. The van der Waals surface area contributed by atoms with Gasteiger partial charge < -0.3 is 14.8 Å². The first-order chi connectivity index (χ1) is 12.6. The highest BCUT2D eigenvalue weighted by molar-refractivity contribution is 5.81. The Labute approximate surface area is 152 Å². The van der Waals surface area contributed by atoms with Gasteiger partial charge in [-0.2, -0.15) is 0 Å². The fraction of sp³-hybridized carbons (Fsp3) is 0.400. The molecule has 1 aromatic carbocycles. The van der Waals surface area contributed by atoms with Gasteiger partial charge in [-0.05, 0) is 49.4 Å². The first kappa shape index (κ1) is 18.3. The summed E-state index contributed by atoms with van der Waals surface area (Å²) in [6.45, 7) is 2.98. The van der Waals surface area contributed by atoms with E-state index in [2.05, 4.69) is 10.3 Å². The number of rotatable bonds is 6. The Kier molecular flexibility index (Phi) is 6.17. The van der Waals surface area contributed by atoms with Crippen LogP contribution in [0.2, 0.25) is 0 Å². The number of nitrogens with zero attached hydrogens (tertiary/aromatic N) is 1. The van der Waals surface area contributed by atoms with Gasteiger partial charge in [-0.25, -0.2) is 4.39 Å². The minimum absolute atomic E-state index is 0.0687. The van der Waals surface area contributed by atoms with E-state index in [0.717, 1.165) is 18.4 Å². The van der Waals surface area contributed by atoms with Crippen molar-refractivity contribution in [2.75, 3.05) is 13.2 Å². The monoisotopic (exact) mass is 358 g/mol. The Morgan fingerprint density at radius 3 is 2.73 bits per heavy atom. The van der Waals surface area contributed by atoms with Crippen LogP contribution in [0.5, 0.6) is 5.75 Å². The summed E-state index contributed by atoms with van der Waals surface area (Å²) in [5, 5.41) is 3.06. The third-order valence-corrected chi connectivity index (χ3v) is 4.59. The third-order valence-electron chi connectivity index (χ3n) is 4.59. The number of para-hydroxylation sites is 1. The molecule has 138 valence electrons. The second kappa shape index (κ2) is 8.76. The SMILES string of the molecule is CC(Oc1ccccc1F)C(=O)NC(c1cccnc1)C1CCOCC1. The van der Waals surface area contributed by atoms with Crippen LogP contribution in [-0.2, 0) is 9.53 Å². The number of ether oxygens (including phenoxy) is 2. The van der Waals surface area contributed by atoms with Crippen LogP contribution in [0.1, 0.15) is 31.4 Å². The van der Waals surface area contributed by atoms with Crippen molar-refractivity contribution in [2.45, 2.75) is 31.9 Å². The van der Waals surface area contributed by atoms with Crippen molar-refractivity contribution in [2.24, 2.45) is 5.92 Å². The molecule has 1 aliphatic heterocycles. The molecule has 6 heteroatoms. The highest BCUT2D eigenvalue weighted by Crippen LogP contribution is 2.30. The van der Waals surface area contributed by atoms with E-state index in [0.29, 0.717) is 13.2 Å². The molecule has 0 spiro atoms. The number of halogens is 1. The Morgan fingerprint density at radius 1 is 1.27 bits per heavy atom. The van der Waals surface area contributed by atoms with Gasteiger partial charge in [0.05, 0.1) is 6.04 Å². The number of carbonyl (C=O) groups is 1. The molecule has 0 radical (unpaired) electrons. The van der Waals surface area contributed by atoms with Gasteiger partial charge in [0.15, 0.2) is 17.7 Å². The van der Waals surface area contributed by atoms with E-state index in [-0.39, 0.29) is 23.6 Å². The number of hydrogen-bond donors (Lipinski definition) is 1. The molecule has 5 nitrogen and oxygen atoms in total. The summed E-state index contributed by atoms with van der Waals surface area (Å²) < 4.78 is 24.7. The van der Waals surface area contributed by atoms with Crippen LogP contribution < -0.4 is 10.1 Å². The first-order valence-electron chi connectivity index (χ1n) is 8.84. The molecule has 2 heterocycles. The average Bonchev–Trinajstić information content (AvgIpc) is 2.69. The molecule has 0 bridgehead atoms. The van der Waals surface area contributed by atoms with Crippen molar-refractivity contribution in [3.05, 3.63) is 60.2 Å². The number of benzene rings is 1. The largest absolute Gasteiger partial charge is 0.478 e. The lowest BCUT2D eigenvalue weighted by Crippen LogP contribution is -2.42. The van der Waals surface area contributed by atoms with Gasteiger partial charge in [-0.1, -0.05) is 18.2 Å². The molecule has 26 heavy (non-hydrogen) atoms. The first-order valence-corrected chi connectivity index (χ1v) is 8.84. The van der Waals surface area contributed by atoms with Gasteiger partial charge >= 0.3 is 0 Å². The number of amides is 1. The van der Waals surface area contributed by atoms with E-state index in [1.807, 2.05) is 12.1 Å². The van der Waals surface area contributed by atoms with E-state index in [4.69, 9.17) is 9.47 Å². The second-order valence-electron chi connectivity index (χ2n) is 6.41. The maximum Gasteiger partial charge on any atom is 0.261 e. The Balaban J connectivity index is 1.71. The minimum atomic E-state index is -0.814. The zero-order chi connectivity index (χ0) is 18.4. The molecule has 2 atom stereocenters. The van der Waals surface area contributed by atoms with E-state index < -0.39 is 11.9 Å². The molecule has 1 saturated heterocycles. The molecular weight excluding hydrogens is 335 g/mol. The van der Waals surface area contributed by atoms with Crippen LogP contribution in [-0.4, -0.2) is 30.2 Å². The molecule has 1 fully saturated rings. The van der Waals surface area contributed by atoms with Gasteiger partial charge in [0.2, 0.25) is 0 Å².